The molecule has 0 aliphatic carbocycles. The second-order valence-electron chi connectivity index (χ2n) is 2.62. The Morgan fingerprint density at radius 2 is 2.18 bits per heavy atom. The van der Waals surface area contributed by atoms with Crippen molar-refractivity contribution in [3.05, 3.63) is 0 Å². The minimum absolute atomic E-state index is 0.0420. The zero-order valence-corrected chi connectivity index (χ0v) is 7.06. The molecule has 1 rings (SSSR count). The number of carbonyl (C=O) groups excluding carboxylic acids is 1. The van der Waals surface area contributed by atoms with Gasteiger partial charge in [-0.1, -0.05) is 0 Å². The second kappa shape index (κ2) is 2.81. The Balaban J connectivity index is 2.62. The van der Waals surface area contributed by atoms with E-state index in [1.54, 1.807) is 0 Å². The summed E-state index contributed by atoms with van der Waals surface area (Å²) in [7, 11) is -1.68. The number of carbonyl (C=O) groups is 1. The van der Waals surface area contributed by atoms with Crippen LogP contribution in [0.2, 0.25) is 0 Å². The van der Waals surface area contributed by atoms with Crippen molar-refractivity contribution in [3.63, 3.8) is 0 Å². The van der Waals surface area contributed by atoms with E-state index in [9.17, 15) is 13.2 Å². The molecule has 0 aromatic heterocycles. The number of esters is 1. The van der Waals surface area contributed by atoms with E-state index in [4.69, 9.17) is 0 Å². The quantitative estimate of drug-likeness (QED) is 0.512. The molecule has 1 atom stereocenters. The third-order valence-corrected chi connectivity index (χ3v) is 3.53. The average Bonchev–Trinajstić information content (AvgIpc) is 2.29. The summed E-state index contributed by atoms with van der Waals surface area (Å²) in [5.74, 6) is -0.761. The van der Waals surface area contributed by atoms with Crippen LogP contribution in [-0.4, -0.2) is 33.0 Å². The third kappa shape index (κ3) is 1.92. The van der Waals surface area contributed by atoms with Crippen LogP contribution in [-0.2, 0) is 19.4 Å². The highest BCUT2D eigenvalue weighted by Crippen LogP contribution is 2.18. The number of hydrogen-bond donors (Lipinski definition) is 0. The van der Waals surface area contributed by atoms with Gasteiger partial charge in [0.1, 0.15) is 0 Å². The van der Waals surface area contributed by atoms with Gasteiger partial charge in [0.05, 0.1) is 24.5 Å². The first-order valence-electron chi connectivity index (χ1n) is 3.33. The summed E-state index contributed by atoms with van der Waals surface area (Å²) < 4.78 is 26.1. The van der Waals surface area contributed by atoms with E-state index < -0.39 is 21.7 Å². The van der Waals surface area contributed by atoms with Crippen LogP contribution in [0.25, 0.3) is 0 Å². The van der Waals surface area contributed by atoms with E-state index >= 15 is 0 Å². The maximum atomic E-state index is 10.9. The summed E-state index contributed by atoms with van der Waals surface area (Å²) in [5.41, 5.74) is 0. The standard InChI is InChI=1S/C6H10O4S/c1-10-6(7)5-2-3-11(8,9)4-5/h5H,2-4H2,1H3. The number of hydrogen-bond acceptors (Lipinski definition) is 4. The van der Waals surface area contributed by atoms with Crippen LogP contribution in [0.15, 0.2) is 0 Å². The molecule has 64 valence electrons. The van der Waals surface area contributed by atoms with Gasteiger partial charge in [-0.15, -0.1) is 0 Å². The minimum atomic E-state index is -2.95. The molecule has 4 nitrogen and oxygen atoms in total. The van der Waals surface area contributed by atoms with E-state index in [-0.39, 0.29) is 11.5 Å². The first-order valence-corrected chi connectivity index (χ1v) is 5.15. The summed E-state index contributed by atoms with van der Waals surface area (Å²) in [4.78, 5) is 10.8. The van der Waals surface area contributed by atoms with Gasteiger partial charge in [-0.25, -0.2) is 8.42 Å². The van der Waals surface area contributed by atoms with Crippen molar-refractivity contribution in [1.82, 2.24) is 0 Å². The van der Waals surface area contributed by atoms with Crippen molar-refractivity contribution < 1.29 is 17.9 Å². The minimum Gasteiger partial charge on any atom is -0.469 e. The molecule has 1 saturated heterocycles. The van der Waals surface area contributed by atoms with Gasteiger partial charge in [0.2, 0.25) is 0 Å². The molecule has 1 unspecified atom stereocenters. The Kier molecular flexibility index (Phi) is 2.17. The van der Waals surface area contributed by atoms with Crippen LogP contribution < -0.4 is 0 Å². The lowest BCUT2D eigenvalue weighted by Crippen LogP contribution is -2.17. The number of ether oxygens (including phenoxy) is 1. The van der Waals surface area contributed by atoms with Gasteiger partial charge >= 0.3 is 5.97 Å². The molecule has 0 radical (unpaired) electrons. The molecule has 0 aromatic rings. The molecule has 1 aliphatic heterocycles. The Hall–Kier alpha value is -0.580. The van der Waals surface area contributed by atoms with E-state index in [0.717, 1.165) is 0 Å². The topological polar surface area (TPSA) is 60.4 Å². The molecule has 1 aliphatic rings. The van der Waals surface area contributed by atoms with Crippen molar-refractivity contribution >= 4 is 15.8 Å². The maximum Gasteiger partial charge on any atom is 0.309 e. The molecule has 0 aromatic carbocycles. The normalized spacial score (nSPS) is 28.3. The fraction of sp³-hybridized carbons (Fsp3) is 0.833. The fourth-order valence-corrected chi connectivity index (χ4v) is 2.87. The van der Waals surface area contributed by atoms with E-state index in [1.807, 2.05) is 0 Å². The second-order valence-corrected chi connectivity index (χ2v) is 4.85. The Bertz CT molecular complexity index is 254. The highest BCUT2D eigenvalue weighted by Gasteiger charge is 2.33. The highest BCUT2D eigenvalue weighted by molar-refractivity contribution is 7.91. The molecule has 11 heavy (non-hydrogen) atoms. The van der Waals surface area contributed by atoms with Gasteiger partial charge in [0.15, 0.2) is 9.84 Å². The lowest BCUT2D eigenvalue weighted by Gasteiger charge is -2.02. The average molecular weight is 178 g/mol. The van der Waals surface area contributed by atoms with Crippen molar-refractivity contribution in [2.75, 3.05) is 18.6 Å². The maximum absolute atomic E-state index is 10.9. The number of sulfone groups is 1. The Morgan fingerprint density at radius 3 is 2.55 bits per heavy atom. The molecule has 0 spiro atoms. The van der Waals surface area contributed by atoms with E-state index in [0.29, 0.717) is 6.42 Å². The van der Waals surface area contributed by atoms with Crippen molar-refractivity contribution in [3.8, 4) is 0 Å². The first kappa shape index (κ1) is 8.52. The van der Waals surface area contributed by atoms with Gasteiger partial charge in [0.25, 0.3) is 0 Å². The van der Waals surface area contributed by atoms with Crippen LogP contribution in [0.5, 0.6) is 0 Å². The molecule has 0 bridgehead atoms. The molecular formula is C6H10O4S. The van der Waals surface area contributed by atoms with Crippen molar-refractivity contribution in [1.29, 1.82) is 0 Å². The predicted molar refractivity (Wildman–Crippen MR) is 38.8 cm³/mol. The zero-order valence-electron chi connectivity index (χ0n) is 6.24. The first-order chi connectivity index (χ1) is 5.05. The summed E-state index contributed by atoms with van der Waals surface area (Å²) >= 11 is 0. The van der Waals surface area contributed by atoms with Gasteiger partial charge in [-0.3, -0.25) is 4.79 Å². The van der Waals surface area contributed by atoms with Crippen LogP contribution in [0, 0.1) is 5.92 Å². The molecular weight excluding hydrogens is 168 g/mol. The Morgan fingerprint density at radius 1 is 1.55 bits per heavy atom. The fourth-order valence-electron chi connectivity index (χ4n) is 1.15. The molecule has 5 heteroatoms. The SMILES string of the molecule is COC(=O)C1CCS(=O)(=O)C1. The monoisotopic (exact) mass is 178 g/mol. The van der Waals surface area contributed by atoms with Crippen LogP contribution in [0.3, 0.4) is 0 Å². The van der Waals surface area contributed by atoms with Gasteiger partial charge in [-0.2, -0.15) is 0 Å². The molecule has 1 fully saturated rings. The summed E-state index contributed by atoms with van der Waals surface area (Å²) in [5, 5.41) is 0. The number of methoxy groups -OCH3 is 1. The summed E-state index contributed by atoms with van der Waals surface area (Å²) in [6, 6.07) is 0. The van der Waals surface area contributed by atoms with Crippen molar-refractivity contribution in [2.45, 2.75) is 6.42 Å². The Labute approximate surface area is 65.5 Å². The molecule has 0 amide bonds. The van der Waals surface area contributed by atoms with Crippen LogP contribution in [0.4, 0.5) is 0 Å². The lowest BCUT2D eigenvalue weighted by molar-refractivity contribution is -0.144. The third-order valence-electron chi connectivity index (χ3n) is 1.77. The van der Waals surface area contributed by atoms with E-state index in [1.165, 1.54) is 7.11 Å². The zero-order chi connectivity index (χ0) is 8.48. The largest absolute Gasteiger partial charge is 0.469 e. The highest BCUT2D eigenvalue weighted by atomic mass is 32.2. The van der Waals surface area contributed by atoms with Gasteiger partial charge in [0, 0.05) is 0 Å². The van der Waals surface area contributed by atoms with Gasteiger partial charge in [-0.05, 0) is 6.42 Å². The number of rotatable bonds is 1. The molecule has 0 saturated carbocycles. The van der Waals surface area contributed by atoms with Crippen LogP contribution >= 0.6 is 0 Å². The van der Waals surface area contributed by atoms with Gasteiger partial charge < -0.3 is 4.74 Å². The predicted octanol–water partition coefficient (Wildman–Crippen LogP) is -0.406. The summed E-state index contributed by atoms with van der Waals surface area (Å²) in [6.45, 7) is 0. The molecule has 1 heterocycles. The molecule has 0 N–H and O–H groups in total. The smallest absolute Gasteiger partial charge is 0.309 e. The van der Waals surface area contributed by atoms with Crippen molar-refractivity contribution in [2.24, 2.45) is 5.92 Å². The van der Waals surface area contributed by atoms with Crippen LogP contribution in [0.1, 0.15) is 6.42 Å². The summed E-state index contributed by atoms with van der Waals surface area (Å²) in [6.07, 6.45) is 0.412. The lowest BCUT2D eigenvalue weighted by atomic mass is 10.1. The van der Waals surface area contributed by atoms with E-state index in [2.05, 4.69) is 4.74 Å².